The molecule has 0 radical (unpaired) electrons. The van der Waals surface area contributed by atoms with Crippen molar-refractivity contribution in [1.29, 1.82) is 0 Å². The van der Waals surface area contributed by atoms with Crippen LogP contribution in [0.3, 0.4) is 0 Å². The van der Waals surface area contributed by atoms with Crippen LogP contribution >= 0.6 is 0 Å². The van der Waals surface area contributed by atoms with Crippen molar-refractivity contribution in [2.24, 2.45) is 0 Å². The predicted octanol–water partition coefficient (Wildman–Crippen LogP) is 7.41. The number of fused-ring (bicyclic) bond motifs is 1. The van der Waals surface area contributed by atoms with Gasteiger partial charge in [-0.2, -0.15) is 0 Å². The Morgan fingerprint density at radius 2 is 1.76 bits per heavy atom. The molecule has 1 aliphatic rings. The SMILES string of the molecule is C=C(CC(C)c1ccc(F)cc1)N(CCCc1ccccn1)C(C)c1ccc2c(c1)CCC2. The molecule has 0 fully saturated rings. The molecule has 0 saturated heterocycles. The van der Waals surface area contributed by atoms with Crippen LogP contribution in [0.1, 0.15) is 73.0 Å². The van der Waals surface area contributed by atoms with E-state index in [0.29, 0.717) is 0 Å². The van der Waals surface area contributed by atoms with E-state index < -0.39 is 0 Å². The van der Waals surface area contributed by atoms with Gasteiger partial charge in [0.05, 0.1) is 6.04 Å². The molecule has 33 heavy (non-hydrogen) atoms. The van der Waals surface area contributed by atoms with E-state index in [2.05, 4.69) is 60.6 Å². The first-order valence-electron chi connectivity index (χ1n) is 12.2. The van der Waals surface area contributed by atoms with Crippen LogP contribution in [0, 0.1) is 5.82 Å². The van der Waals surface area contributed by atoms with Crippen molar-refractivity contribution in [1.82, 2.24) is 9.88 Å². The van der Waals surface area contributed by atoms with Crippen molar-refractivity contribution < 1.29 is 4.39 Å². The average Bonchev–Trinajstić information content (AvgIpc) is 3.30. The van der Waals surface area contributed by atoms with Crippen LogP contribution in [-0.2, 0) is 19.3 Å². The summed E-state index contributed by atoms with van der Waals surface area (Å²) in [4.78, 5) is 6.96. The maximum Gasteiger partial charge on any atom is 0.123 e. The topological polar surface area (TPSA) is 16.1 Å². The Morgan fingerprint density at radius 1 is 1.00 bits per heavy atom. The van der Waals surface area contributed by atoms with Gasteiger partial charge in [-0.1, -0.05) is 49.9 Å². The lowest BCUT2D eigenvalue weighted by Gasteiger charge is -2.35. The summed E-state index contributed by atoms with van der Waals surface area (Å²) in [6.45, 7) is 9.95. The molecular weight excluding hydrogens is 407 g/mol. The van der Waals surface area contributed by atoms with Gasteiger partial charge in [-0.15, -0.1) is 0 Å². The normalized spacial score (nSPS) is 14.5. The van der Waals surface area contributed by atoms with E-state index in [-0.39, 0.29) is 17.8 Å². The number of nitrogens with zero attached hydrogens (tertiary/aromatic N) is 2. The zero-order valence-electron chi connectivity index (χ0n) is 19.9. The minimum atomic E-state index is -0.189. The van der Waals surface area contributed by atoms with Crippen LogP contribution in [0.2, 0.25) is 0 Å². The lowest BCUT2D eigenvalue weighted by molar-refractivity contribution is 0.256. The highest BCUT2D eigenvalue weighted by Gasteiger charge is 2.21. The second kappa shape index (κ2) is 10.8. The van der Waals surface area contributed by atoms with Crippen LogP contribution in [0.15, 0.2) is 79.1 Å². The molecule has 1 aliphatic carbocycles. The zero-order chi connectivity index (χ0) is 23.2. The van der Waals surface area contributed by atoms with Crippen molar-refractivity contribution in [3.8, 4) is 0 Å². The molecular formula is C30H35FN2. The minimum absolute atomic E-state index is 0.189. The second-order valence-electron chi connectivity index (χ2n) is 9.40. The summed E-state index contributed by atoms with van der Waals surface area (Å²) in [5, 5.41) is 0. The molecule has 0 saturated carbocycles. The molecule has 0 spiro atoms. The molecule has 2 nitrogen and oxygen atoms in total. The first kappa shape index (κ1) is 23.2. The molecule has 0 aliphatic heterocycles. The quantitative estimate of drug-likeness (QED) is 0.325. The molecule has 0 bridgehead atoms. The third-order valence-corrected chi connectivity index (χ3v) is 7.02. The number of aromatic nitrogens is 1. The highest BCUT2D eigenvalue weighted by Crippen LogP contribution is 2.33. The number of pyridine rings is 1. The van der Waals surface area contributed by atoms with Gasteiger partial charge in [0.25, 0.3) is 0 Å². The van der Waals surface area contributed by atoms with Gasteiger partial charge in [-0.05, 0) is 97.9 Å². The molecule has 3 heteroatoms. The number of aryl methyl sites for hydroxylation is 3. The Kier molecular flexibility index (Phi) is 7.59. The van der Waals surface area contributed by atoms with Gasteiger partial charge in [-0.25, -0.2) is 4.39 Å². The lowest BCUT2D eigenvalue weighted by Crippen LogP contribution is -2.28. The maximum atomic E-state index is 13.4. The van der Waals surface area contributed by atoms with Crippen molar-refractivity contribution in [2.45, 2.75) is 64.3 Å². The van der Waals surface area contributed by atoms with Crippen molar-refractivity contribution in [3.05, 3.63) is 113 Å². The van der Waals surface area contributed by atoms with Crippen molar-refractivity contribution >= 4 is 0 Å². The summed E-state index contributed by atoms with van der Waals surface area (Å²) in [5.74, 6) is 0.0924. The van der Waals surface area contributed by atoms with Gasteiger partial charge in [0, 0.05) is 24.1 Å². The van der Waals surface area contributed by atoms with E-state index in [4.69, 9.17) is 0 Å². The molecule has 172 valence electrons. The Labute approximate surface area is 198 Å². The molecule has 0 N–H and O–H groups in total. The highest BCUT2D eigenvalue weighted by molar-refractivity contribution is 5.37. The zero-order valence-corrected chi connectivity index (χ0v) is 19.9. The van der Waals surface area contributed by atoms with Gasteiger partial charge in [-0.3, -0.25) is 4.98 Å². The van der Waals surface area contributed by atoms with E-state index in [1.54, 1.807) is 12.1 Å². The van der Waals surface area contributed by atoms with Crippen LogP contribution in [-0.4, -0.2) is 16.4 Å². The maximum absolute atomic E-state index is 13.4. The predicted molar refractivity (Wildman–Crippen MR) is 135 cm³/mol. The Balaban J connectivity index is 1.49. The minimum Gasteiger partial charge on any atom is -0.369 e. The Bertz CT molecular complexity index is 1060. The molecule has 2 unspecified atom stereocenters. The fourth-order valence-electron chi connectivity index (χ4n) is 5.01. The van der Waals surface area contributed by atoms with Gasteiger partial charge < -0.3 is 4.90 Å². The molecule has 1 heterocycles. The van der Waals surface area contributed by atoms with Gasteiger partial charge >= 0.3 is 0 Å². The lowest BCUT2D eigenvalue weighted by atomic mass is 9.94. The molecule has 2 aromatic carbocycles. The standard InChI is InChI=1S/C30H35FN2/c1-22(25-14-16-29(31)17-15-25)20-23(2)33(19-7-11-30-10-4-5-18-32-30)24(3)27-13-12-26-8-6-9-28(26)21-27/h4-5,10,12-18,21-22,24H,2,6-9,11,19-20H2,1,3H3. The van der Waals surface area contributed by atoms with E-state index >= 15 is 0 Å². The van der Waals surface area contributed by atoms with Crippen LogP contribution in [0.5, 0.6) is 0 Å². The Morgan fingerprint density at radius 3 is 2.52 bits per heavy atom. The number of rotatable bonds is 10. The summed E-state index contributed by atoms with van der Waals surface area (Å²) in [6, 6.07) is 20.3. The Hall–Kier alpha value is -2.94. The molecule has 2 atom stereocenters. The summed E-state index contributed by atoms with van der Waals surface area (Å²) in [7, 11) is 0. The third-order valence-electron chi connectivity index (χ3n) is 7.02. The smallest absolute Gasteiger partial charge is 0.123 e. The summed E-state index contributed by atoms with van der Waals surface area (Å²) < 4.78 is 13.4. The third kappa shape index (κ3) is 5.90. The van der Waals surface area contributed by atoms with Gasteiger partial charge in [0.15, 0.2) is 0 Å². The van der Waals surface area contributed by atoms with Crippen molar-refractivity contribution in [3.63, 3.8) is 0 Å². The molecule has 0 amide bonds. The van der Waals surface area contributed by atoms with Crippen LogP contribution in [0.4, 0.5) is 4.39 Å². The first-order chi connectivity index (χ1) is 16.0. The van der Waals surface area contributed by atoms with Crippen molar-refractivity contribution in [2.75, 3.05) is 6.54 Å². The number of halogens is 1. The number of hydrogen-bond acceptors (Lipinski definition) is 2. The number of benzene rings is 2. The van der Waals surface area contributed by atoms with E-state index in [1.165, 1.54) is 36.0 Å². The van der Waals surface area contributed by atoms with Crippen LogP contribution < -0.4 is 0 Å². The fraction of sp³-hybridized carbons (Fsp3) is 0.367. The summed E-state index contributed by atoms with van der Waals surface area (Å²) >= 11 is 0. The van der Waals surface area contributed by atoms with Gasteiger partial charge in [0.1, 0.15) is 5.82 Å². The molecule has 1 aromatic heterocycles. The average molecular weight is 443 g/mol. The number of allylic oxidation sites excluding steroid dienone is 1. The first-order valence-corrected chi connectivity index (χ1v) is 12.2. The van der Waals surface area contributed by atoms with Crippen LogP contribution in [0.25, 0.3) is 0 Å². The summed E-state index contributed by atoms with van der Waals surface area (Å²) in [6.07, 6.45) is 8.36. The van der Waals surface area contributed by atoms with Gasteiger partial charge in [0.2, 0.25) is 0 Å². The summed E-state index contributed by atoms with van der Waals surface area (Å²) in [5.41, 5.74) is 7.81. The number of hydrogen-bond donors (Lipinski definition) is 0. The highest BCUT2D eigenvalue weighted by atomic mass is 19.1. The fourth-order valence-corrected chi connectivity index (χ4v) is 5.01. The van der Waals surface area contributed by atoms with E-state index in [0.717, 1.165) is 42.8 Å². The van der Waals surface area contributed by atoms with E-state index in [1.807, 2.05) is 24.4 Å². The monoisotopic (exact) mass is 442 g/mol. The second-order valence-corrected chi connectivity index (χ2v) is 9.40. The largest absolute Gasteiger partial charge is 0.369 e. The molecule has 4 rings (SSSR count). The van der Waals surface area contributed by atoms with E-state index in [9.17, 15) is 4.39 Å². The molecule has 3 aromatic rings.